The predicted octanol–water partition coefficient (Wildman–Crippen LogP) is 16.2. The Bertz CT molecular complexity index is 885. The molecule has 0 aromatic carbocycles. The standard InChI is InChI=1S/C51H96O6/c1-4-7-10-13-16-19-21-23-25-26-27-29-30-32-35-38-41-44-50(53)56-47-48(46-55-49(52)43-40-37-34-18-15-12-9-6-3)57-51(54)45-42-39-36-33-31-28-24-22-20-17-14-11-8-5-2/h23,25,48H,4-22,24,26-47H2,1-3H3/b25-23-. The third kappa shape index (κ3) is 45.1. The molecule has 0 rings (SSSR count). The maximum absolute atomic E-state index is 12.7. The van der Waals surface area contributed by atoms with E-state index in [1.54, 1.807) is 0 Å². The number of carbonyl (C=O) groups is 3. The summed E-state index contributed by atoms with van der Waals surface area (Å²) in [5.74, 6) is -0.861. The molecule has 0 aromatic heterocycles. The van der Waals surface area contributed by atoms with Crippen LogP contribution < -0.4 is 0 Å². The molecule has 0 fully saturated rings. The average Bonchev–Trinajstić information content (AvgIpc) is 3.21. The van der Waals surface area contributed by atoms with Gasteiger partial charge >= 0.3 is 17.9 Å². The lowest BCUT2D eigenvalue weighted by atomic mass is 10.0. The number of unbranched alkanes of at least 4 members (excludes halogenated alkanes) is 33. The molecule has 0 amide bonds. The second-order valence-electron chi connectivity index (χ2n) is 17.1. The summed E-state index contributed by atoms with van der Waals surface area (Å²) in [7, 11) is 0. The van der Waals surface area contributed by atoms with Crippen molar-refractivity contribution in [3.63, 3.8) is 0 Å². The summed E-state index contributed by atoms with van der Waals surface area (Å²) in [4.78, 5) is 37.8. The van der Waals surface area contributed by atoms with Crippen LogP contribution in [0.1, 0.15) is 278 Å². The van der Waals surface area contributed by atoms with E-state index in [2.05, 4.69) is 32.9 Å². The SMILES string of the molecule is CCCCCCCC/C=C\CCCCCCCCCC(=O)OCC(COC(=O)CCCCCCCCCC)OC(=O)CCCCCCCCCCCCCCCC. The van der Waals surface area contributed by atoms with Crippen LogP contribution in [0.25, 0.3) is 0 Å². The fourth-order valence-electron chi connectivity index (χ4n) is 7.44. The van der Waals surface area contributed by atoms with Gasteiger partial charge in [0.25, 0.3) is 0 Å². The molecule has 0 heterocycles. The van der Waals surface area contributed by atoms with Crippen LogP contribution in [0.3, 0.4) is 0 Å². The number of hydrogen-bond donors (Lipinski definition) is 0. The van der Waals surface area contributed by atoms with Crippen molar-refractivity contribution in [1.82, 2.24) is 0 Å². The van der Waals surface area contributed by atoms with Crippen LogP contribution >= 0.6 is 0 Å². The third-order valence-electron chi connectivity index (χ3n) is 11.3. The maximum atomic E-state index is 12.7. The summed E-state index contributed by atoms with van der Waals surface area (Å²) in [5, 5.41) is 0. The van der Waals surface area contributed by atoms with E-state index in [4.69, 9.17) is 14.2 Å². The van der Waals surface area contributed by atoms with Gasteiger partial charge in [-0.3, -0.25) is 14.4 Å². The number of rotatable bonds is 46. The Hall–Kier alpha value is -1.85. The van der Waals surface area contributed by atoms with E-state index >= 15 is 0 Å². The number of ether oxygens (including phenoxy) is 3. The maximum Gasteiger partial charge on any atom is 0.306 e. The molecule has 0 spiro atoms. The van der Waals surface area contributed by atoms with E-state index in [1.807, 2.05) is 0 Å². The molecule has 0 bridgehead atoms. The first-order valence-electron chi connectivity index (χ1n) is 25.2. The van der Waals surface area contributed by atoms with Gasteiger partial charge in [-0.15, -0.1) is 0 Å². The Labute approximate surface area is 354 Å². The van der Waals surface area contributed by atoms with Crippen molar-refractivity contribution in [3.8, 4) is 0 Å². The Morgan fingerprint density at radius 1 is 0.333 bits per heavy atom. The van der Waals surface area contributed by atoms with Gasteiger partial charge in [0.2, 0.25) is 0 Å². The van der Waals surface area contributed by atoms with Crippen LogP contribution in [0.5, 0.6) is 0 Å². The summed E-state index contributed by atoms with van der Waals surface area (Å²) >= 11 is 0. The van der Waals surface area contributed by atoms with Gasteiger partial charge in [0.15, 0.2) is 6.10 Å². The molecule has 0 aliphatic heterocycles. The van der Waals surface area contributed by atoms with Crippen LogP contribution in [-0.2, 0) is 28.6 Å². The molecular weight excluding hydrogens is 709 g/mol. The zero-order chi connectivity index (χ0) is 41.5. The molecule has 0 N–H and O–H groups in total. The average molecular weight is 805 g/mol. The second kappa shape index (κ2) is 46.8. The molecule has 57 heavy (non-hydrogen) atoms. The van der Waals surface area contributed by atoms with Gasteiger partial charge in [0.1, 0.15) is 13.2 Å². The predicted molar refractivity (Wildman–Crippen MR) is 243 cm³/mol. The van der Waals surface area contributed by atoms with Crippen LogP contribution in [0.15, 0.2) is 12.2 Å². The van der Waals surface area contributed by atoms with Gasteiger partial charge < -0.3 is 14.2 Å². The minimum Gasteiger partial charge on any atom is -0.462 e. The van der Waals surface area contributed by atoms with Gasteiger partial charge in [0, 0.05) is 19.3 Å². The van der Waals surface area contributed by atoms with Crippen molar-refractivity contribution < 1.29 is 28.6 Å². The summed E-state index contributed by atoms with van der Waals surface area (Å²) in [6.45, 7) is 6.63. The van der Waals surface area contributed by atoms with Gasteiger partial charge in [-0.25, -0.2) is 0 Å². The first-order valence-corrected chi connectivity index (χ1v) is 25.2. The quantitative estimate of drug-likeness (QED) is 0.0264. The summed E-state index contributed by atoms with van der Waals surface area (Å²) in [5.41, 5.74) is 0. The van der Waals surface area contributed by atoms with Crippen molar-refractivity contribution in [2.24, 2.45) is 0 Å². The van der Waals surface area contributed by atoms with Crippen molar-refractivity contribution in [1.29, 1.82) is 0 Å². The molecule has 0 aliphatic rings. The highest BCUT2D eigenvalue weighted by Crippen LogP contribution is 2.16. The summed E-state index contributed by atoms with van der Waals surface area (Å²) < 4.78 is 16.7. The smallest absolute Gasteiger partial charge is 0.306 e. The number of allylic oxidation sites excluding steroid dienone is 2. The van der Waals surface area contributed by atoms with Crippen molar-refractivity contribution in [2.45, 2.75) is 284 Å². The highest BCUT2D eigenvalue weighted by Gasteiger charge is 2.19. The zero-order valence-corrected chi connectivity index (χ0v) is 38.4. The number of hydrogen-bond acceptors (Lipinski definition) is 6. The minimum atomic E-state index is -0.763. The molecule has 0 aliphatic carbocycles. The molecule has 0 radical (unpaired) electrons. The molecule has 1 atom stereocenters. The van der Waals surface area contributed by atoms with Crippen molar-refractivity contribution >= 4 is 17.9 Å². The fraction of sp³-hybridized carbons (Fsp3) is 0.902. The lowest BCUT2D eigenvalue weighted by molar-refractivity contribution is -0.167. The molecule has 0 saturated carbocycles. The van der Waals surface area contributed by atoms with E-state index in [1.165, 1.54) is 180 Å². The lowest BCUT2D eigenvalue weighted by Gasteiger charge is -2.18. The largest absolute Gasteiger partial charge is 0.462 e. The highest BCUT2D eigenvalue weighted by molar-refractivity contribution is 5.71. The Balaban J connectivity index is 4.26. The minimum absolute atomic E-state index is 0.0669. The van der Waals surface area contributed by atoms with E-state index in [0.717, 1.165) is 57.8 Å². The van der Waals surface area contributed by atoms with Crippen molar-refractivity contribution in [3.05, 3.63) is 12.2 Å². The summed E-state index contributed by atoms with van der Waals surface area (Å²) in [6.07, 6.45) is 50.6. The normalized spacial score (nSPS) is 12.0. The first-order chi connectivity index (χ1) is 28.0. The van der Waals surface area contributed by atoms with Crippen molar-refractivity contribution in [2.75, 3.05) is 13.2 Å². The fourth-order valence-corrected chi connectivity index (χ4v) is 7.44. The van der Waals surface area contributed by atoms with Gasteiger partial charge in [-0.2, -0.15) is 0 Å². The molecular formula is C51H96O6. The van der Waals surface area contributed by atoms with Gasteiger partial charge in [0.05, 0.1) is 0 Å². The van der Waals surface area contributed by atoms with E-state index < -0.39 is 6.10 Å². The molecule has 0 aromatic rings. The lowest BCUT2D eigenvalue weighted by Crippen LogP contribution is -2.30. The van der Waals surface area contributed by atoms with E-state index in [9.17, 15) is 14.4 Å². The number of esters is 3. The van der Waals surface area contributed by atoms with Gasteiger partial charge in [-0.1, -0.05) is 226 Å². The third-order valence-corrected chi connectivity index (χ3v) is 11.3. The Morgan fingerprint density at radius 2 is 0.579 bits per heavy atom. The second-order valence-corrected chi connectivity index (χ2v) is 17.1. The molecule has 6 heteroatoms. The van der Waals surface area contributed by atoms with Gasteiger partial charge in [-0.05, 0) is 44.9 Å². The molecule has 336 valence electrons. The molecule has 0 saturated heterocycles. The van der Waals surface area contributed by atoms with E-state index in [-0.39, 0.29) is 31.1 Å². The van der Waals surface area contributed by atoms with Crippen LogP contribution in [-0.4, -0.2) is 37.2 Å². The number of carbonyl (C=O) groups excluding carboxylic acids is 3. The summed E-state index contributed by atoms with van der Waals surface area (Å²) in [6, 6.07) is 0. The monoisotopic (exact) mass is 805 g/mol. The van der Waals surface area contributed by atoms with E-state index in [0.29, 0.717) is 19.3 Å². The molecule has 6 nitrogen and oxygen atoms in total. The zero-order valence-electron chi connectivity index (χ0n) is 38.4. The molecule has 1 unspecified atom stereocenters. The topological polar surface area (TPSA) is 78.9 Å². The van der Waals surface area contributed by atoms with Crippen LogP contribution in [0, 0.1) is 0 Å². The van der Waals surface area contributed by atoms with Crippen LogP contribution in [0.2, 0.25) is 0 Å². The first kappa shape index (κ1) is 55.2. The Morgan fingerprint density at radius 3 is 0.877 bits per heavy atom. The Kier molecular flexibility index (Phi) is 45.3. The highest BCUT2D eigenvalue weighted by atomic mass is 16.6. The van der Waals surface area contributed by atoms with Crippen LogP contribution in [0.4, 0.5) is 0 Å².